The minimum atomic E-state index is -0.990. The monoisotopic (exact) mass is 261 g/mol. The number of aromatic carboxylic acids is 1. The van der Waals surface area contributed by atoms with E-state index in [9.17, 15) is 4.79 Å². The van der Waals surface area contributed by atoms with Crippen LogP contribution in [0.15, 0.2) is 41.0 Å². The molecule has 0 aliphatic heterocycles. The third-order valence-electron chi connectivity index (χ3n) is 2.73. The first-order valence-electron chi connectivity index (χ1n) is 5.82. The van der Waals surface area contributed by atoms with Crippen LogP contribution >= 0.6 is 0 Å². The quantitative estimate of drug-likeness (QED) is 0.836. The molecule has 5 heteroatoms. The maximum Gasteiger partial charge on any atom is 0.339 e. The van der Waals surface area contributed by atoms with E-state index in [1.165, 1.54) is 12.3 Å². The Labute approximate surface area is 110 Å². The second kappa shape index (κ2) is 6.06. The van der Waals surface area contributed by atoms with Crippen LogP contribution in [0.25, 0.3) is 0 Å². The highest BCUT2D eigenvalue weighted by Crippen LogP contribution is 2.18. The highest BCUT2D eigenvalue weighted by molar-refractivity contribution is 5.88. The van der Waals surface area contributed by atoms with E-state index in [1.807, 2.05) is 24.3 Å². The zero-order valence-electron chi connectivity index (χ0n) is 10.6. The van der Waals surface area contributed by atoms with Crippen LogP contribution in [0.3, 0.4) is 0 Å². The lowest BCUT2D eigenvalue weighted by molar-refractivity contribution is 0.0694. The molecule has 0 aliphatic rings. The number of hydrogen-bond acceptors (Lipinski definition) is 4. The summed E-state index contributed by atoms with van der Waals surface area (Å²) in [6, 6.07) is 9.14. The molecule has 0 radical (unpaired) electrons. The molecule has 0 saturated carbocycles. The minimum Gasteiger partial charge on any atom is -0.478 e. The minimum absolute atomic E-state index is 0.178. The number of benzene rings is 1. The van der Waals surface area contributed by atoms with E-state index in [-0.39, 0.29) is 5.56 Å². The van der Waals surface area contributed by atoms with Crippen LogP contribution in [0.4, 0.5) is 5.69 Å². The van der Waals surface area contributed by atoms with Gasteiger partial charge in [-0.1, -0.05) is 18.2 Å². The standard InChI is InChI=1S/C14H15NO4/c1-18-9-10-4-2-3-5-12(10)15-8-13-11(14(16)17)6-7-19-13/h2-7,15H,8-9H2,1H3,(H,16,17). The molecule has 0 spiro atoms. The normalized spacial score (nSPS) is 10.4. The predicted octanol–water partition coefficient (Wildman–Crippen LogP) is 2.74. The molecule has 5 nitrogen and oxygen atoms in total. The average molecular weight is 261 g/mol. The molecular weight excluding hydrogens is 246 g/mol. The Bertz CT molecular complexity index is 562. The fourth-order valence-corrected chi connectivity index (χ4v) is 1.82. The molecule has 0 bridgehead atoms. The van der Waals surface area contributed by atoms with Crippen molar-refractivity contribution in [3.8, 4) is 0 Å². The molecule has 0 amide bonds. The average Bonchev–Trinajstić information content (AvgIpc) is 2.86. The number of carbonyl (C=O) groups is 1. The number of carboxylic acids is 1. The van der Waals surface area contributed by atoms with Crippen molar-refractivity contribution < 1.29 is 19.1 Å². The van der Waals surface area contributed by atoms with E-state index in [4.69, 9.17) is 14.3 Å². The van der Waals surface area contributed by atoms with Crippen LogP contribution in [0.1, 0.15) is 21.7 Å². The van der Waals surface area contributed by atoms with E-state index >= 15 is 0 Å². The van der Waals surface area contributed by atoms with Crippen molar-refractivity contribution in [2.45, 2.75) is 13.2 Å². The van der Waals surface area contributed by atoms with Gasteiger partial charge in [-0.15, -0.1) is 0 Å². The zero-order valence-corrected chi connectivity index (χ0v) is 10.6. The van der Waals surface area contributed by atoms with E-state index in [1.54, 1.807) is 7.11 Å². The highest BCUT2D eigenvalue weighted by atomic mass is 16.5. The van der Waals surface area contributed by atoms with Crippen molar-refractivity contribution in [3.63, 3.8) is 0 Å². The summed E-state index contributed by atoms with van der Waals surface area (Å²) in [5, 5.41) is 12.1. The molecule has 1 aromatic heterocycles. The Morgan fingerprint density at radius 2 is 2.16 bits per heavy atom. The zero-order chi connectivity index (χ0) is 13.7. The number of nitrogens with one attached hydrogen (secondary N) is 1. The van der Waals surface area contributed by atoms with Crippen molar-refractivity contribution >= 4 is 11.7 Å². The molecule has 0 saturated heterocycles. The smallest absolute Gasteiger partial charge is 0.339 e. The lowest BCUT2D eigenvalue weighted by Gasteiger charge is -2.10. The summed E-state index contributed by atoms with van der Waals surface area (Å²) in [5.41, 5.74) is 2.09. The molecule has 0 aliphatic carbocycles. The Morgan fingerprint density at radius 1 is 1.37 bits per heavy atom. The van der Waals surface area contributed by atoms with Crippen LogP contribution in [0.2, 0.25) is 0 Å². The fraction of sp³-hybridized carbons (Fsp3) is 0.214. The number of hydrogen-bond donors (Lipinski definition) is 2. The lowest BCUT2D eigenvalue weighted by Crippen LogP contribution is -2.06. The van der Waals surface area contributed by atoms with E-state index in [2.05, 4.69) is 5.32 Å². The number of carboxylic acid groups (broad SMARTS) is 1. The van der Waals surface area contributed by atoms with E-state index < -0.39 is 5.97 Å². The fourth-order valence-electron chi connectivity index (χ4n) is 1.82. The van der Waals surface area contributed by atoms with Gasteiger partial charge in [-0.05, 0) is 12.1 Å². The van der Waals surface area contributed by atoms with Crippen LogP contribution in [0.5, 0.6) is 0 Å². The van der Waals surface area contributed by atoms with Crippen molar-refractivity contribution in [1.29, 1.82) is 0 Å². The van der Waals surface area contributed by atoms with E-state index in [0.29, 0.717) is 18.9 Å². The number of furan rings is 1. The van der Waals surface area contributed by atoms with Gasteiger partial charge in [-0.2, -0.15) is 0 Å². The summed E-state index contributed by atoms with van der Waals surface area (Å²) < 4.78 is 10.3. The molecule has 0 fully saturated rings. The molecule has 2 aromatic rings. The second-order valence-corrected chi connectivity index (χ2v) is 4.01. The molecule has 2 rings (SSSR count). The van der Waals surface area contributed by atoms with E-state index in [0.717, 1.165) is 11.3 Å². The lowest BCUT2D eigenvalue weighted by atomic mass is 10.2. The third kappa shape index (κ3) is 3.14. The first kappa shape index (κ1) is 13.2. The van der Waals surface area contributed by atoms with Gasteiger partial charge in [0.15, 0.2) is 0 Å². The summed E-state index contributed by atoms with van der Waals surface area (Å²) in [5.74, 6) is -0.588. The summed E-state index contributed by atoms with van der Waals surface area (Å²) in [7, 11) is 1.63. The molecule has 100 valence electrons. The third-order valence-corrected chi connectivity index (χ3v) is 2.73. The topological polar surface area (TPSA) is 71.7 Å². The van der Waals surface area contributed by atoms with Gasteiger partial charge in [0.1, 0.15) is 11.3 Å². The number of rotatable bonds is 6. The Morgan fingerprint density at radius 3 is 2.89 bits per heavy atom. The van der Waals surface area contributed by atoms with Gasteiger partial charge in [-0.3, -0.25) is 0 Å². The molecule has 19 heavy (non-hydrogen) atoms. The van der Waals surface area contributed by atoms with Crippen LogP contribution in [-0.2, 0) is 17.9 Å². The van der Waals surface area contributed by atoms with Gasteiger partial charge in [0.05, 0.1) is 19.4 Å². The molecule has 2 N–H and O–H groups in total. The van der Waals surface area contributed by atoms with Crippen molar-refractivity contribution in [2.24, 2.45) is 0 Å². The van der Waals surface area contributed by atoms with Gasteiger partial charge in [-0.25, -0.2) is 4.79 Å². The van der Waals surface area contributed by atoms with Crippen LogP contribution in [-0.4, -0.2) is 18.2 Å². The molecular formula is C14H15NO4. The largest absolute Gasteiger partial charge is 0.478 e. The van der Waals surface area contributed by atoms with Gasteiger partial charge < -0.3 is 19.6 Å². The van der Waals surface area contributed by atoms with Crippen LogP contribution < -0.4 is 5.32 Å². The predicted molar refractivity (Wildman–Crippen MR) is 70.1 cm³/mol. The van der Waals surface area contributed by atoms with Gasteiger partial charge in [0, 0.05) is 18.4 Å². The first-order valence-corrected chi connectivity index (χ1v) is 5.82. The Kier molecular flexibility index (Phi) is 4.20. The summed E-state index contributed by atoms with van der Waals surface area (Å²) in [4.78, 5) is 11.0. The van der Waals surface area contributed by atoms with Crippen LogP contribution in [0, 0.1) is 0 Å². The number of methoxy groups -OCH3 is 1. The Hall–Kier alpha value is -2.27. The highest BCUT2D eigenvalue weighted by Gasteiger charge is 2.13. The molecule has 1 heterocycles. The van der Waals surface area contributed by atoms with Crippen molar-refractivity contribution in [2.75, 3.05) is 12.4 Å². The summed E-state index contributed by atoms with van der Waals surface area (Å²) in [6.07, 6.45) is 1.38. The number of ether oxygens (including phenoxy) is 1. The maximum atomic E-state index is 11.0. The van der Waals surface area contributed by atoms with Gasteiger partial charge >= 0.3 is 5.97 Å². The van der Waals surface area contributed by atoms with Crippen molar-refractivity contribution in [1.82, 2.24) is 0 Å². The summed E-state index contributed by atoms with van der Waals surface area (Å²) in [6.45, 7) is 0.808. The van der Waals surface area contributed by atoms with Crippen molar-refractivity contribution in [3.05, 3.63) is 53.5 Å². The second-order valence-electron chi connectivity index (χ2n) is 4.01. The number of anilines is 1. The number of para-hydroxylation sites is 1. The van der Waals surface area contributed by atoms with Gasteiger partial charge in [0.25, 0.3) is 0 Å². The molecule has 0 atom stereocenters. The maximum absolute atomic E-state index is 11.0. The SMILES string of the molecule is COCc1ccccc1NCc1occc1C(=O)O. The molecule has 0 unspecified atom stereocenters. The Balaban J connectivity index is 2.10. The molecule has 1 aromatic carbocycles. The van der Waals surface area contributed by atoms with Gasteiger partial charge in [0.2, 0.25) is 0 Å². The summed E-state index contributed by atoms with van der Waals surface area (Å²) >= 11 is 0. The first-order chi connectivity index (χ1) is 9.22.